The lowest BCUT2D eigenvalue weighted by Crippen LogP contribution is -2.04. The van der Waals surface area contributed by atoms with E-state index in [4.69, 9.17) is 0 Å². The summed E-state index contributed by atoms with van der Waals surface area (Å²) in [5.74, 6) is 0.498. The van der Waals surface area contributed by atoms with Crippen LogP contribution in [0, 0.1) is 0 Å². The minimum absolute atomic E-state index is 0.498. The van der Waals surface area contributed by atoms with Gasteiger partial charge in [0, 0.05) is 12.5 Å². The van der Waals surface area contributed by atoms with Gasteiger partial charge >= 0.3 is 0 Å². The van der Waals surface area contributed by atoms with Gasteiger partial charge in [0.2, 0.25) is 0 Å². The summed E-state index contributed by atoms with van der Waals surface area (Å²) in [6.45, 7) is 5.08. The molecule has 0 saturated heterocycles. The highest BCUT2D eigenvalue weighted by Crippen LogP contribution is 2.18. The first-order valence-corrected chi connectivity index (χ1v) is 4.52. The van der Waals surface area contributed by atoms with Crippen molar-refractivity contribution in [2.45, 2.75) is 26.3 Å². The van der Waals surface area contributed by atoms with E-state index in [1.807, 2.05) is 7.05 Å². The quantitative estimate of drug-likeness (QED) is 0.746. The fraction of sp³-hybridized carbons (Fsp3) is 0.714. The van der Waals surface area contributed by atoms with E-state index in [1.54, 1.807) is 11.3 Å². The maximum Gasteiger partial charge on any atom is 0.131 e. The molecule has 0 amide bonds. The van der Waals surface area contributed by atoms with Crippen LogP contribution in [0.25, 0.3) is 0 Å². The molecule has 0 bridgehead atoms. The summed E-state index contributed by atoms with van der Waals surface area (Å²) < 4.78 is 0. The molecule has 1 N–H and O–H groups in total. The SMILES string of the molecule is CNCc1nnc(C(C)C)s1. The summed E-state index contributed by atoms with van der Waals surface area (Å²) in [6, 6.07) is 0. The van der Waals surface area contributed by atoms with E-state index in [2.05, 4.69) is 29.4 Å². The Labute approximate surface area is 70.9 Å². The number of nitrogens with one attached hydrogen (secondary N) is 1. The number of hydrogen-bond donors (Lipinski definition) is 1. The first kappa shape index (κ1) is 8.62. The Balaban J connectivity index is 2.66. The predicted octanol–water partition coefficient (Wildman–Crippen LogP) is 1.38. The molecule has 62 valence electrons. The lowest BCUT2D eigenvalue weighted by atomic mass is 10.2. The summed E-state index contributed by atoms with van der Waals surface area (Å²) >= 11 is 1.68. The molecule has 0 aliphatic heterocycles. The van der Waals surface area contributed by atoms with Gasteiger partial charge in [0.05, 0.1) is 0 Å². The number of rotatable bonds is 3. The molecule has 0 aromatic carbocycles. The van der Waals surface area contributed by atoms with E-state index in [0.29, 0.717) is 5.92 Å². The van der Waals surface area contributed by atoms with Crippen LogP contribution < -0.4 is 5.32 Å². The zero-order valence-electron chi connectivity index (χ0n) is 7.09. The lowest BCUT2D eigenvalue weighted by molar-refractivity contribution is 0.778. The van der Waals surface area contributed by atoms with E-state index < -0.39 is 0 Å². The molecular weight excluding hydrogens is 158 g/mol. The Morgan fingerprint density at radius 1 is 1.45 bits per heavy atom. The van der Waals surface area contributed by atoms with Crippen molar-refractivity contribution < 1.29 is 0 Å². The lowest BCUT2D eigenvalue weighted by Gasteiger charge is -1.93. The molecule has 0 unspecified atom stereocenters. The largest absolute Gasteiger partial charge is 0.313 e. The molecule has 1 aromatic rings. The van der Waals surface area contributed by atoms with Crippen molar-refractivity contribution in [2.24, 2.45) is 0 Å². The molecule has 0 saturated carbocycles. The smallest absolute Gasteiger partial charge is 0.131 e. The summed E-state index contributed by atoms with van der Waals surface area (Å²) in [5.41, 5.74) is 0. The van der Waals surface area contributed by atoms with Crippen molar-refractivity contribution in [3.05, 3.63) is 10.0 Å². The molecule has 0 aliphatic carbocycles. The molecule has 0 aliphatic rings. The second-order valence-corrected chi connectivity index (χ2v) is 3.81. The van der Waals surface area contributed by atoms with Gasteiger partial charge in [0.1, 0.15) is 10.0 Å². The third-order valence-corrected chi connectivity index (χ3v) is 2.53. The van der Waals surface area contributed by atoms with Crippen LogP contribution in [0.1, 0.15) is 29.8 Å². The van der Waals surface area contributed by atoms with Crippen molar-refractivity contribution in [3.63, 3.8) is 0 Å². The van der Waals surface area contributed by atoms with Crippen molar-refractivity contribution in [1.29, 1.82) is 0 Å². The average molecular weight is 171 g/mol. The first-order chi connectivity index (χ1) is 5.24. The van der Waals surface area contributed by atoms with Gasteiger partial charge in [-0.25, -0.2) is 0 Å². The second kappa shape index (κ2) is 3.78. The van der Waals surface area contributed by atoms with Gasteiger partial charge in [0.25, 0.3) is 0 Å². The van der Waals surface area contributed by atoms with Crippen LogP contribution in [0.5, 0.6) is 0 Å². The molecule has 1 rings (SSSR count). The van der Waals surface area contributed by atoms with Gasteiger partial charge in [0.15, 0.2) is 0 Å². The molecule has 0 radical (unpaired) electrons. The van der Waals surface area contributed by atoms with Gasteiger partial charge in [-0.05, 0) is 7.05 Å². The molecule has 4 heteroatoms. The molecule has 0 fully saturated rings. The van der Waals surface area contributed by atoms with Gasteiger partial charge in [-0.15, -0.1) is 10.2 Å². The Morgan fingerprint density at radius 3 is 2.64 bits per heavy atom. The monoisotopic (exact) mass is 171 g/mol. The van der Waals surface area contributed by atoms with Crippen LogP contribution in [0.15, 0.2) is 0 Å². The first-order valence-electron chi connectivity index (χ1n) is 3.71. The van der Waals surface area contributed by atoms with Gasteiger partial charge in [-0.1, -0.05) is 25.2 Å². The summed E-state index contributed by atoms with van der Waals surface area (Å²) in [6.07, 6.45) is 0. The number of nitrogens with zero attached hydrogens (tertiary/aromatic N) is 2. The van der Waals surface area contributed by atoms with Crippen molar-refractivity contribution >= 4 is 11.3 Å². The fourth-order valence-electron chi connectivity index (χ4n) is 0.723. The molecule has 0 atom stereocenters. The normalized spacial score (nSPS) is 10.9. The van der Waals surface area contributed by atoms with Crippen LogP contribution in [0.3, 0.4) is 0 Å². The van der Waals surface area contributed by atoms with Crippen LogP contribution in [0.2, 0.25) is 0 Å². The van der Waals surface area contributed by atoms with Crippen LogP contribution in [0.4, 0.5) is 0 Å². The standard InChI is InChI=1S/C7H13N3S/c1-5(2)7-10-9-6(11-7)4-8-3/h5,8H,4H2,1-3H3. The van der Waals surface area contributed by atoms with E-state index in [9.17, 15) is 0 Å². The summed E-state index contributed by atoms with van der Waals surface area (Å²) in [5, 5.41) is 13.3. The van der Waals surface area contributed by atoms with Crippen molar-refractivity contribution in [3.8, 4) is 0 Å². The molecule has 1 heterocycles. The third kappa shape index (κ3) is 2.24. The maximum atomic E-state index is 4.06. The second-order valence-electron chi connectivity index (χ2n) is 2.72. The highest BCUT2D eigenvalue weighted by Gasteiger charge is 2.05. The number of hydrogen-bond acceptors (Lipinski definition) is 4. The fourth-order valence-corrected chi connectivity index (χ4v) is 1.58. The highest BCUT2D eigenvalue weighted by molar-refractivity contribution is 7.11. The topological polar surface area (TPSA) is 37.8 Å². The molecule has 11 heavy (non-hydrogen) atoms. The number of aromatic nitrogens is 2. The van der Waals surface area contributed by atoms with Crippen molar-refractivity contribution in [1.82, 2.24) is 15.5 Å². The van der Waals surface area contributed by atoms with E-state index in [0.717, 1.165) is 16.6 Å². The zero-order chi connectivity index (χ0) is 8.27. The van der Waals surface area contributed by atoms with Crippen LogP contribution in [-0.2, 0) is 6.54 Å². The minimum atomic E-state index is 0.498. The molecule has 0 spiro atoms. The van der Waals surface area contributed by atoms with E-state index >= 15 is 0 Å². The minimum Gasteiger partial charge on any atom is -0.313 e. The Hall–Kier alpha value is -0.480. The molecule has 3 nitrogen and oxygen atoms in total. The molecule has 1 aromatic heterocycles. The van der Waals surface area contributed by atoms with Crippen LogP contribution in [-0.4, -0.2) is 17.2 Å². The summed E-state index contributed by atoms with van der Waals surface area (Å²) in [4.78, 5) is 0. The Kier molecular flexibility index (Phi) is 2.96. The third-order valence-electron chi connectivity index (χ3n) is 1.30. The van der Waals surface area contributed by atoms with E-state index in [-0.39, 0.29) is 0 Å². The van der Waals surface area contributed by atoms with E-state index in [1.165, 1.54) is 0 Å². The average Bonchev–Trinajstić information content (AvgIpc) is 2.37. The predicted molar refractivity (Wildman–Crippen MR) is 46.8 cm³/mol. The van der Waals surface area contributed by atoms with Crippen molar-refractivity contribution in [2.75, 3.05) is 7.05 Å². The van der Waals surface area contributed by atoms with Gasteiger partial charge in [-0.2, -0.15) is 0 Å². The summed E-state index contributed by atoms with van der Waals surface area (Å²) in [7, 11) is 1.91. The Morgan fingerprint density at radius 2 is 2.18 bits per heavy atom. The maximum absolute atomic E-state index is 4.06. The zero-order valence-corrected chi connectivity index (χ0v) is 7.90. The van der Waals surface area contributed by atoms with Gasteiger partial charge < -0.3 is 5.32 Å². The van der Waals surface area contributed by atoms with Crippen LogP contribution >= 0.6 is 11.3 Å². The molecular formula is C7H13N3S. The Bertz CT molecular complexity index is 219. The van der Waals surface area contributed by atoms with Gasteiger partial charge in [-0.3, -0.25) is 0 Å². The highest BCUT2D eigenvalue weighted by atomic mass is 32.1.